The minimum Gasteiger partial charge on any atom is -0.544 e. The molecule has 7 heteroatoms. The molecule has 0 aromatic rings. The van der Waals surface area contributed by atoms with Crippen LogP contribution in [0.1, 0.15) is 163 Å². The highest BCUT2D eigenvalue weighted by Crippen LogP contribution is 2.34. The molecule has 7 nitrogen and oxygen atoms in total. The predicted molar refractivity (Wildman–Crippen MR) is 166 cm³/mol. The van der Waals surface area contributed by atoms with Crippen LogP contribution in [-0.2, 0) is 14.4 Å². The molecule has 0 aliphatic heterocycles. The Hall–Kier alpha value is -1.89. The van der Waals surface area contributed by atoms with E-state index in [1.54, 1.807) is 0 Å². The van der Waals surface area contributed by atoms with Gasteiger partial charge in [0.2, 0.25) is 0 Å². The maximum Gasteiger partial charge on any atom is 0.362 e. The molecule has 0 aromatic heterocycles. The van der Waals surface area contributed by atoms with Crippen molar-refractivity contribution in [2.75, 3.05) is 6.54 Å². The molecule has 2 N–H and O–H groups in total. The Morgan fingerprint density at radius 1 is 0.610 bits per heavy atom. The van der Waals surface area contributed by atoms with Crippen molar-refractivity contribution in [1.82, 2.24) is 0 Å². The molecule has 0 spiro atoms. The first kappa shape index (κ1) is 39.1. The average Bonchev–Trinajstić information content (AvgIpc) is 2.93. The van der Waals surface area contributed by atoms with Crippen LogP contribution >= 0.6 is 0 Å². The van der Waals surface area contributed by atoms with Crippen LogP contribution in [0.4, 0.5) is 0 Å². The number of unbranched alkanes of at least 4 members (excludes halogenated alkanes) is 14. The first-order valence-electron chi connectivity index (χ1n) is 16.9. The van der Waals surface area contributed by atoms with E-state index in [4.69, 9.17) is 0 Å². The minimum absolute atomic E-state index is 0.208. The lowest BCUT2D eigenvalue weighted by molar-refractivity contribution is -0.975. The highest BCUT2D eigenvalue weighted by Gasteiger charge is 2.54. The van der Waals surface area contributed by atoms with Crippen molar-refractivity contribution in [3.05, 3.63) is 12.2 Å². The fraction of sp³-hybridized carbons (Fsp3) is 0.853. The smallest absolute Gasteiger partial charge is 0.362 e. The first-order valence-corrected chi connectivity index (χ1v) is 16.9. The van der Waals surface area contributed by atoms with Gasteiger partial charge in [-0.2, -0.15) is 0 Å². The highest BCUT2D eigenvalue weighted by molar-refractivity contribution is 5.77. The van der Waals surface area contributed by atoms with E-state index in [2.05, 4.69) is 19.1 Å². The Bertz CT molecular complexity index is 662. The Balaban J connectivity index is 4.96. The Labute approximate surface area is 251 Å². The van der Waals surface area contributed by atoms with Gasteiger partial charge in [0, 0.05) is 19.3 Å². The molecule has 0 heterocycles. The molecule has 0 aliphatic carbocycles. The van der Waals surface area contributed by atoms with Gasteiger partial charge in [0.25, 0.3) is 0 Å². The topological polar surface area (TPSA) is 115 Å². The Morgan fingerprint density at radius 3 is 1.27 bits per heavy atom. The van der Waals surface area contributed by atoms with Crippen molar-refractivity contribution in [2.45, 2.75) is 181 Å². The number of aliphatic carboxylic acids is 3. The zero-order valence-electron chi connectivity index (χ0n) is 26.9. The maximum absolute atomic E-state index is 12.6. The number of nitrogens with zero attached hydrogens (tertiary/aromatic N) is 1. The number of hydrogen-bond donors (Lipinski definition) is 2. The molecular weight excluding hydrogens is 518 g/mol. The molecule has 0 aliphatic rings. The fourth-order valence-electron chi connectivity index (χ4n) is 6.57. The number of allylic oxidation sites excluding steroid dienone is 2. The summed E-state index contributed by atoms with van der Waals surface area (Å²) in [5, 5.41) is 33.0. The van der Waals surface area contributed by atoms with E-state index in [1.165, 1.54) is 70.6 Å². The van der Waals surface area contributed by atoms with Gasteiger partial charge in [-0.3, -0.25) is 4.48 Å². The molecule has 0 radical (unpaired) electrons. The molecule has 3 atom stereocenters. The summed E-state index contributed by atoms with van der Waals surface area (Å²) < 4.78 is -0.432. The number of carboxylic acids is 3. The predicted octanol–water partition coefficient (Wildman–Crippen LogP) is 7.66. The molecule has 41 heavy (non-hydrogen) atoms. The molecule has 0 aromatic carbocycles. The number of hydrogen-bond acceptors (Lipinski definition) is 4. The van der Waals surface area contributed by atoms with Gasteiger partial charge in [-0.15, -0.1) is 0 Å². The zero-order valence-corrected chi connectivity index (χ0v) is 26.9. The Kier molecular flexibility index (Phi) is 23.5. The van der Waals surface area contributed by atoms with E-state index in [0.717, 1.165) is 19.3 Å². The van der Waals surface area contributed by atoms with E-state index in [1.807, 2.05) is 20.8 Å². The normalized spacial score (nSPS) is 15.4. The van der Waals surface area contributed by atoms with Crippen LogP contribution in [0.2, 0.25) is 0 Å². The molecule has 0 fully saturated rings. The van der Waals surface area contributed by atoms with E-state index < -0.39 is 40.5 Å². The van der Waals surface area contributed by atoms with E-state index in [0.29, 0.717) is 25.7 Å². The van der Waals surface area contributed by atoms with Crippen LogP contribution in [0.15, 0.2) is 12.2 Å². The zero-order chi connectivity index (χ0) is 30.9. The van der Waals surface area contributed by atoms with Gasteiger partial charge in [0.1, 0.15) is 6.04 Å². The summed E-state index contributed by atoms with van der Waals surface area (Å²) >= 11 is 0. The van der Waals surface area contributed by atoms with Crippen molar-refractivity contribution in [2.24, 2.45) is 0 Å². The number of carbonyl (C=O) groups is 3. The summed E-state index contributed by atoms with van der Waals surface area (Å²) in [5.41, 5.74) is 0. The molecular formula is C34H63NO6. The van der Waals surface area contributed by atoms with Crippen LogP contribution in [0.3, 0.4) is 0 Å². The number of carbonyl (C=O) groups excluding carboxylic acids is 1. The van der Waals surface area contributed by atoms with Crippen LogP contribution < -0.4 is 5.11 Å². The SMILES string of the molecule is C/C=C/CCCCCCCCCCCCCCCC[N+](C(CCC)C(=O)[O-])(C(CCC)C(=O)O)C(CCC)C(=O)O. The van der Waals surface area contributed by atoms with E-state index in [9.17, 15) is 29.7 Å². The lowest BCUT2D eigenvalue weighted by Gasteiger charge is -2.52. The van der Waals surface area contributed by atoms with Crippen LogP contribution in [-0.4, -0.2) is 57.3 Å². The van der Waals surface area contributed by atoms with Crippen molar-refractivity contribution in [3.8, 4) is 0 Å². The summed E-state index contributed by atoms with van der Waals surface area (Å²) in [4.78, 5) is 37.6. The number of quaternary nitrogens is 1. The second-order valence-electron chi connectivity index (χ2n) is 11.9. The van der Waals surface area contributed by atoms with Crippen molar-refractivity contribution >= 4 is 17.9 Å². The molecule has 0 saturated carbocycles. The standard InChI is InChI=1S/C34H63NO6/c1-5-9-10-11-12-13-14-15-16-17-18-19-20-21-22-23-24-28-35(29(25-6-2)32(36)37,30(26-7-3)33(38)39)31(27-8-4)34(40)41/h5,9,29-31H,6-8,10-28H2,1-4H3,(H2-,36,37,38,39,40,41)/b9-5+. The van der Waals surface area contributed by atoms with Crippen LogP contribution in [0, 0.1) is 0 Å². The summed E-state index contributed by atoms with van der Waals surface area (Å²) in [6, 6.07) is -3.32. The second-order valence-corrected chi connectivity index (χ2v) is 11.9. The number of carboxylic acid groups (broad SMARTS) is 3. The van der Waals surface area contributed by atoms with Gasteiger partial charge >= 0.3 is 11.9 Å². The van der Waals surface area contributed by atoms with Crippen molar-refractivity contribution in [1.29, 1.82) is 0 Å². The monoisotopic (exact) mass is 581 g/mol. The third-order valence-corrected chi connectivity index (χ3v) is 8.67. The van der Waals surface area contributed by atoms with Gasteiger partial charge < -0.3 is 20.1 Å². The molecule has 0 saturated heterocycles. The summed E-state index contributed by atoms with van der Waals surface area (Å²) in [7, 11) is 0. The third kappa shape index (κ3) is 15.2. The summed E-state index contributed by atoms with van der Waals surface area (Å²) in [5.74, 6) is -3.55. The Morgan fingerprint density at radius 2 is 0.951 bits per heavy atom. The summed E-state index contributed by atoms with van der Waals surface area (Å²) in [6.07, 6.45) is 24.4. The maximum atomic E-state index is 12.6. The molecule has 0 amide bonds. The van der Waals surface area contributed by atoms with Gasteiger partial charge in [-0.05, 0) is 45.4 Å². The average molecular weight is 582 g/mol. The minimum atomic E-state index is -1.33. The first-order chi connectivity index (χ1) is 19.7. The highest BCUT2D eigenvalue weighted by atomic mass is 16.4. The van der Waals surface area contributed by atoms with Crippen molar-refractivity contribution < 1.29 is 34.2 Å². The molecule has 240 valence electrons. The van der Waals surface area contributed by atoms with E-state index in [-0.39, 0.29) is 25.8 Å². The van der Waals surface area contributed by atoms with Gasteiger partial charge in [0.05, 0.1) is 12.5 Å². The van der Waals surface area contributed by atoms with Crippen LogP contribution in [0.5, 0.6) is 0 Å². The third-order valence-electron chi connectivity index (χ3n) is 8.67. The largest absolute Gasteiger partial charge is 0.544 e. The van der Waals surface area contributed by atoms with Crippen LogP contribution in [0.25, 0.3) is 0 Å². The fourth-order valence-corrected chi connectivity index (χ4v) is 6.57. The van der Waals surface area contributed by atoms with Gasteiger partial charge in [-0.1, -0.05) is 110 Å². The van der Waals surface area contributed by atoms with E-state index >= 15 is 0 Å². The second kappa shape index (κ2) is 24.7. The molecule has 0 rings (SSSR count). The number of rotatable bonds is 29. The quantitative estimate of drug-likeness (QED) is 0.0532. The summed E-state index contributed by atoms with van der Waals surface area (Å²) in [6.45, 7) is 7.89. The van der Waals surface area contributed by atoms with Crippen molar-refractivity contribution in [3.63, 3.8) is 0 Å². The lowest BCUT2D eigenvalue weighted by atomic mass is 9.91. The molecule has 0 bridgehead atoms. The lowest BCUT2D eigenvalue weighted by Crippen LogP contribution is -2.74. The van der Waals surface area contributed by atoms with Gasteiger partial charge in [-0.25, -0.2) is 9.59 Å². The molecule has 3 unspecified atom stereocenters. The van der Waals surface area contributed by atoms with Gasteiger partial charge in [0.15, 0.2) is 12.1 Å².